The minimum Gasteiger partial charge on any atom is -0.232 e. The van der Waals surface area contributed by atoms with Crippen LogP contribution < -0.4 is 11.0 Å². The Labute approximate surface area is 109 Å². The van der Waals surface area contributed by atoms with Gasteiger partial charge in [0.2, 0.25) is 0 Å². The van der Waals surface area contributed by atoms with Crippen LogP contribution in [0.5, 0.6) is 0 Å². The third-order valence-corrected chi connectivity index (χ3v) is 3.00. The maximum Gasteiger partial charge on any atom is 0.0855 e. The zero-order valence-electron chi connectivity index (χ0n) is 11.1. The number of rotatable bonds is 0. The van der Waals surface area contributed by atoms with Crippen LogP contribution in [0.1, 0.15) is 64.2 Å². The highest BCUT2D eigenvalue weighted by Crippen LogP contribution is 2.10. The first-order valence-electron chi connectivity index (χ1n) is 7.10. The fourth-order valence-corrected chi connectivity index (χ4v) is 1.95. The lowest BCUT2D eigenvalue weighted by molar-refractivity contribution is -0.649. The molecule has 1 aliphatic rings. The average Bonchev–Trinajstić information content (AvgIpc) is 2.39. The molecule has 6 nitrogen and oxygen atoms in total. The molecule has 0 aromatic heterocycles. The van der Waals surface area contributed by atoms with E-state index in [4.69, 9.17) is 4.89 Å². The van der Waals surface area contributed by atoms with E-state index < -0.39 is 0 Å². The van der Waals surface area contributed by atoms with Gasteiger partial charge < -0.3 is 0 Å². The minimum absolute atomic E-state index is 0.525. The van der Waals surface area contributed by atoms with Gasteiger partial charge in [-0.2, -0.15) is 0 Å². The predicted octanol–water partition coefficient (Wildman–Crippen LogP) is 2.72. The predicted molar refractivity (Wildman–Crippen MR) is 66.5 cm³/mol. The summed E-state index contributed by atoms with van der Waals surface area (Å²) in [7, 11) is 0. The summed E-state index contributed by atoms with van der Waals surface area (Å²) in [5.41, 5.74) is 5.27. The van der Waals surface area contributed by atoms with E-state index in [1.165, 1.54) is 51.4 Å². The smallest absolute Gasteiger partial charge is 0.0855 e. The van der Waals surface area contributed by atoms with E-state index in [0.717, 1.165) is 19.4 Å². The maximum absolute atomic E-state index is 4.76. The molecule has 0 radical (unpaired) electrons. The topological polar surface area (TPSA) is 61.0 Å². The summed E-state index contributed by atoms with van der Waals surface area (Å²) in [5, 5.41) is 8.64. The highest BCUT2D eigenvalue weighted by Gasteiger charge is 1.96. The molecular weight excluding hydrogens is 236 g/mol. The van der Waals surface area contributed by atoms with Crippen molar-refractivity contribution in [1.29, 1.82) is 0 Å². The van der Waals surface area contributed by atoms with Crippen molar-refractivity contribution < 1.29 is 20.0 Å². The van der Waals surface area contributed by atoms with E-state index in [9.17, 15) is 0 Å². The Kier molecular flexibility index (Phi) is 11.6. The van der Waals surface area contributed by atoms with Crippen molar-refractivity contribution in [2.75, 3.05) is 13.2 Å². The summed E-state index contributed by atoms with van der Waals surface area (Å²) in [5.74, 6) is 0. The second-order valence-corrected chi connectivity index (χ2v) is 4.61. The lowest BCUT2D eigenvalue weighted by Crippen LogP contribution is -2.32. The molecule has 0 aromatic rings. The quantitative estimate of drug-likeness (QED) is 0.655. The van der Waals surface area contributed by atoms with E-state index in [1.807, 2.05) is 0 Å². The first kappa shape index (κ1) is 15.8. The molecule has 0 saturated carbocycles. The van der Waals surface area contributed by atoms with Gasteiger partial charge in [0, 0.05) is 6.54 Å². The van der Waals surface area contributed by atoms with E-state index in [0.29, 0.717) is 6.61 Å². The Balaban J connectivity index is 2.00. The van der Waals surface area contributed by atoms with Gasteiger partial charge in [-0.3, -0.25) is 0 Å². The van der Waals surface area contributed by atoms with Crippen molar-refractivity contribution in [2.24, 2.45) is 0 Å². The minimum atomic E-state index is 0.525. The Hall–Kier alpha value is -0.240. The van der Waals surface area contributed by atoms with Crippen molar-refractivity contribution in [3.05, 3.63) is 0 Å². The zero-order chi connectivity index (χ0) is 12.7. The number of hydrazine groups is 1. The van der Waals surface area contributed by atoms with Crippen molar-refractivity contribution >= 4 is 0 Å². The van der Waals surface area contributed by atoms with Crippen LogP contribution in [-0.4, -0.2) is 13.2 Å². The van der Waals surface area contributed by atoms with Gasteiger partial charge in [-0.25, -0.2) is 10.3 Å². The molecule has 1 rings (SSSR count). The fraction of sp³-hybridized carbons (Fsp3) is 1.00. The molecule has 0 amide bonds. The Morgan fingerprint density at radius 2 is 1.22 bits per heavy atom. The van der Waals surface area contributed by atoms with E-state index in [-0.39, 0.29) is 0 Å². The normalized spacial score (nSPS) is 24.0. The van der Waals surface area contributed by atoms with Crippen LogP contribution in [0.3, 0.4) is 0 Å². The third-order valence-electron chi connectivity index (χ3n) is 3.00. The van der Waals surface area contributed by atoms with Crippen LogP contribution in [0, 0.1) is 0 Å². The molecule has 0 spiro atoms. The summed E-state index contributed by atoms with van der Waals surface area (Å²) < 4.78 is 0. The molecule has 0 aromatic carbocycles. The van der Waals surface area contributed by atoms with Gasteiger partial charge in [0.25, 0.3) is 0 Å². The molecule has 108 valence electrons. The number of hydrogen-bond donors (Lipinski definition) is 2. The second-order valence-electron chi connectivity index (χ2n) is 4.61. The standard InChI is InChI=1S/C12H26N2O4/c1-2-4-6-8-10-12-15-17-18-16-14-13-11-9-7-5-3-1/h13-14H,1-12H2. The monoisotopic (exact) mass is 262 g/mol. The molecule has 18 heavy (non-hydrogen) atoms. The molecule has 1 heterocycles. The number of hydrogen-bond acceptors (Lipinski definition) is 6. The SMILES string of the molecule is C1CCCCCCOOOONNCCCCC1. The van der Waals surface area contributed by atoms with Gasteiger partial charge in [-0.15, -0.1) is 5.59 Å². The average molecular weight is 262 g/mol. The van der Waals surface area contributed by atoms with Crippen molar-refractivity contribution in [2.45, 2.75) is 64.2 Å². The van der Waals surface area contributed by atoms with Crippen molar-refractivity contribution in [3.63, 3.8) is 0 Å². The summed E-state index contributed by atoms with van der Waals surface area (Å²) in [6.45, 7) is 1.36. The van der Waals surface area contributed by atoms with Gasteiger partial charge in [-0.05, 0) is 22.9 Å². The molecule has 2 N–H and O–H groups in total. The highest BCUT2D eigenvalue weighted by molar-refractivity contribution is 4.48. The third kappa shape index (κ3) is 10.9. The Morgan fingerprint density at radius 1 is 0.611 bits per heavy atom. The van der Waals surface area contributed by atoms with Crippen LogP contribution in [0.2, 0.25) is 0 Å². The molecule has 1 saturated heterocycles. The highest BCUT2D eigenvalue weighted by atomic mass is 17.7. The first-order valence-corrected chi connectivity index (χ1v) is 7.10. The van der Waals surface area contributed by atoms with Gasteiger partial charge in [0.1, 0.15) is 0 Å². The van der Waals surface area contributed by atoms with Gasteiger partial charge in [0.15, 0.2) is 0 Å². The van der Waals surface area contributed by atoms with Crippen LogP contribution in [0.25, 0.3) is 0 Å². The summed E-state index contributed by atoms with van der Waals surface area (Å²) in [6, 6.07) is 0. The lowest BCUT2D eigenvalue weighted by Gasteiger charge is -2.06. The molecule has 0 aliphatic carbocycles. The van der Waals surface area contributed by atoms with Crippen LogP contribution in [-0.2, 0) is 20.0 Å². The van der Waals surface area contributed by atoms with Gasteiger partial charge in [-0.1, -0.05) is 56.4 Å². The van der Waals surface area contributed by atoms with Crippen LogP contribution in [0.15, 0.2) is 0 Å². The summed E-state index contributed by atoms with van der Waals surface area (Å²) >= 11 is 0. The van der Waals surface area contributed by atoms with E-state index in [1.54, 1.807) is 0 Å². The van der Waals surface area contributed by atoms with Gasteiger partial charge >= 0.3 is 0 Å². The van der Waals surface area contributed by atoms with Crippen LogP contribution >= 0.6 is 0 Å². The summed E-state index contributed by atoms with van der Waals surface area (Å²) in [6.07, 6.45) is 12.5. The van der Waals surface area contributed by atoms with Crippen molar-refractivity contribution in [1.82, 2.24) is 11.0 Å². The Morgan fingerprint density at radius 3 is 1.94 bits per heavy atom. The lowest BCUT2D eigenvalue weighted by atomic mass is 10.1. The Bertz CT molecular complexity index is 97.1. The molecule has 0 atom stereocenters. The largest absolute Gasteiger partial charge is 0.232 e. The molecule has 1 aliphatic heterocycles. The molecule has 0 unspecified atom stereocenters. The van der Waals surface area contributed by atoms with Crippen molar-refractivity contribution in [3.8, 4) is 0 Å². The summed E-state index contributed by atoms with van der Waals surface area (Å²) in [4.78, 5) is 9.23. The van der Waals surface area contributed by atoms with Crippen LogP contribution in [0.4, 0.5) is 0 Å². The van der Waals surface area contributed by atoms with Gasteiger partial charge in [0.05, 0.1) is 6.61 Å². The first-order chi connectivity index (χ1) is 9.00. The van der Waals surface area contributed by atoms with E-state index >= 15 is 0 Å². The molecule has 0 bridgehead atoms. The van der Waals surface area contributed by atoms with E-state index in [2.05, 4.69) is 26.1 Å². The maximum atomic E-state index is 4.76. The molecule has 1 fully saturated rings. The zero-order valence-corrected chi connectivity index (χ0v) is 11.1. The molecular formula is C12H26N2O4. The number of nitrogens with one attached hydrogen (secondary N) is 2. The second kappa shape index (κ2) is 13.2. The fourth-order valence-electron chi connectivity index (χ4n) is 1.95. The molecule has 6 heteroatoms.